The van der Waals surface area contributed by atoms with Crippen LogP contribution >= 0.6 is 0 Å². The van der Waals surface area contributed by atoms with Crippen molar-refractivity contribution in [2.45, 2.75) is 32.2 Å². The van der Waals surface area contributed by atoms with E-state index < -0.39 is 0 Å². The van der Waals surface area contributed by atoms with Gasteiger partial charge >= 0.3 is 0 Å². The molecule has 0 spiro atoms. The zero-order valence-corrected chi connectivity index (χ0v) is 9.70. The van der Waals surface area contributed by atoms with Gasteiger partial charge in [-0.25, -0.2) is 0 Å². The highest BCUT2D eigenvalue weighted by Crippen LogP contribution is 2.20. The molecular formula is C11H22N2O2. The van der Waals surface area contributed by atoms with E-state index in [1.165, 1.54) is 6.42 Å². The molecule has 0 aromatic carbocycles. The molecule has 0 aromatic heterocycles. The predicted octanol–water partition coefficient (Wildman–Crippen LogP) is 0.215. The fourth-order valence-electron chi connectivity index (χ4n) is 2.08. The average Bonchev–Trinajstić information content (AvgIpc) is 2.28. The van der Waals surface area contributed by atoms with Gasteiger partial charge in [0.1, 0.15) is 0 Å². The van der Waals surface area contributed by atoms with Crippen LogP contribution in [0.25, 0.3) is 0 Å². The first-order valence-electron chi connectivity index (χ1n) is 5.78. The van der Waals surface area contributed by atoms with Crippen LogP contribution in [0.4, 0.5) is 0 Å². The molecule has 0 aliphatic carbocycles. The van der Waals surface area contributed by atoms with Crippen molar-refractivity contribution < 1.29 is 9.90 Å². The van der Waals surface area contributed by atoms with Crippen LogP contribution in [-0.4, -0.2) is 48.7 Å². The Bertz CT molecular complexity index is 209. The average molecular weight is 214 g/mol. The summed E-state index contributed by atoms with van der Waals surface area (Å²) in [5, 5.41) is 12.0. The molecule has 0 bridgehead atoms. The molecule has 1 heterocycles. The summed E-state index contributed by atoms with van der Waals surface area (Å²) in [6, 6.07) is -0.0414. The van der Waals surface area contributed by atoms with Crippen molar-refractivity contribution in [1.29, 1.82) is 0 Å². The summed E-state index contributed by atoms with van der Waals surface area (Å²) in [6.45, 7) is 3.57. The van der Waals surface area contributed by atoms with Gasteiger partial charge in [-0.05, 0) is 25.3 Å². The molecule has 4 nitrogen and oxygen atoms in total. The van der Waals surface area contributed by atoms with Crippen molar-refractivity contribution in [3.63, 3.8) is 0 Å². The van der Waals surface area contributed by atoms with Gasteiger partial charge in [-0.3, -0.25) is 4.79 Å². The largest absolute Gasteiger partial charge is 0.395 e. The van der Waals surface area contributed by atoms with E-state index in [1.807, 2.05) is 0 Å². The summed E-state index contributed by atoms with van der Waals surface area (Å²) in [5.74, 6) is 0.782. The van der Waals surface area contributed by atoms with Crippen LogP contribution in [0.5, 0.6) is 0 Å². The SMILES string of the molecule is CCC1CCNC(C(=O)N(C)CCO)C1. The Hall–Kier alpha value is -0.610. The molecular weight excluding hydrogens is 192 g/mol. The molecule has 2 N–H and O–H groups in total. The number of amides is 1. The number of aliphatic hydroxyl groups excluding tert-OH is 1. The summed E-state index contributed by atoms with van der Waals surface area (Å²) in [7, 11) is 1.75. The Morgan fingerprint density at radius 3 is 2.93 bits per heavy atom. The van der Waals surface area contributed by atoms with Crippen LogP contribution in [0, 0.1) is 5.92 Å². The second-order valence-electron chi connectivity index (χ2n) is 4.29. The molecule has 15 heavy (non-hydrogen) atoms. The predicted molar refractivity (Wildman–Crippen MR) is 59.5 cm³/mol. The molecule has 1 saturated heterocycles. The number of nitrogens with zero attached hydrogens (tertiary/aromatic N) is 1. The minimum atomic E-state index is -0.0414. The van der Waals surface area contributed by atoms with Gasteiger partial charge < -0.3 is 15.3 Å². The highest BCUT2D eigenvalue weighted by Gasteiger charge is 2.27. The van der Waals surface area contributed by atoms with Gasteiger partial charge in [-0.1, -0.05) is 13.3 Å². The number of carbonyl (C=O) groups excluding carboxylic acids is 1. The topological polar surface area (TPSA) is 52.6 Å². The molecule has 1 aliphatic rings. The van der Waals surface area contributed by atoms with E-state index in [0.717, 1.165) is 19.4 Å². The van der Waals surface area contributed by atoms with Crippen LogP contribution in [0.15, 0.2) is 0 Å². The zero-order valence-electron chi connectivity index (χ0n) is 9.70. The molecule has 0 saturated carbocycles. The number of carbonyl (C=O) groups is 1. The third-order valence-electron chi connectivity index (χ3n) is 3.20. The lowest BCUT2D eigenvalue weighted by molar-refractivity contribution is -0.133. The summed E-state index contributed by atoms with van der Waals surface area (Å²) in [4.78, 5) is 13.5. The minimum absolute atomic E-state index is 0.0339. The van der Waals surface area contributed by atoms with Crippen molar-refractivity contribution in [2.75, 3.05) is 26.7 Å². The van der Waals surface area contributed by atoms with Crippen LogP contribution in [0.2, 0.25) is 0 Å². The maximum absolute atomic E-state index is 11.9. The van der Waals surface area contributed by atoms with Crippen molar-refractivity contribution in [3.05, 3.63) is 0 Å². The molecule has 1 fully saturated rings. The monoisotopic (exact) mass is 214 g/mol. The fraction of sp³-hybridized carbons (Fsp3) is 0.909. The summed E-state index contributed by atoms with van der Waals surface area (Å²) in [5.41, 5.74) is 0. The van der Waals surface area contributed by atoms with E-state index >= 15 is 0 Å². The number of aliphatic hydroxyl groups is 1. The van der Waals surface area contributed by atoms with Crippen LogP contribution in [-0.2, 0) is 4.79 Å². The number of piperidine rings is 1. The standard InChI is InChI=1S/C11H22N2O2/c1-3-9-4-5-12-10(8-9)11(15)13(2)6-7-14/h9-10,12,14H,3-8H2,1-2H3. The second-order valence-corrected chi connectivity index (χ2v) is 4.29. The molecule has 0 aromatic rings. The Morgan fingerprint density at radius 1 is 1.60 bits per heavy atom. The molecule has 2 atom stereocenters. The third kappa shape index (κ3) is 3.47. The van der Waals surface area contributed by atoms with Gasteiger partial charge in [0, 0.05) is 13.6 Å². The molecule has 88 valence electrons. The van der Waals surface area contributed by atoms with Gasteiger partial charge in [0.25, 0.3) is 0 Å². The highest BCUT2D eigenvalue weighted by molar-refractivity contribution is 5.81. The quantitative estimate of drug-likeness (QED) is 0.703. The van der Waals surface area contributed by atoms with Crippen LogP contribution in [0.1, 0.15) is 26.2 Å². The van der Waals surface area contributed by atoms with Crippen molar-refractivity contribution in [3.8, 4) is 0 Å². The molecule has 1 rings (SSSR count). The Balaban J connectivity index is 2.44. The van der Waals surface area contributed by atoms with Crippen LogP contribution in [0.3, 0.4) is 0 Å². The highest BCUT2D eigenvalue weighted by atomic mass is 16.3. The lowest BCUT2D eigenvalue weighted by Gasteiger charge is -2.31. The Morgan fingerprint density at radius 2 is 2.33 bits per heavy atom. The number of rotatable bonds is 4. The first kappa shape index (κ1) is 12.5. The molecule has 1 amide bonds. The van der Waals surface area contributed by atoms with Gasteiger partial charge in [-0.2, -0.15) is 0 Å². The Kier molecular flexibility index (Phi) is 5.05. The van der Waals surface area contributed by atoms with Gasteiger partial charge in [-0.15, -0.1) is 0 Å². The van der Waals surface area contributed by atoms with E-state index in [-0.39, 0.29) is 18.6 Å². The molecule has 1 aliphatic heterocycles. The number of hydrogen-bond acceptors (Lipinski definition) is 3. The van der Waals surface area contributed by atoms with E-state index in [4.69, 9.17) is 5.11 Å². The van der Waals surface area contributed by atoms with Gasteiger partial charge in [0.15, 0.2) is 0 Å². The normalized spacial score (nSPS) is 26.3. The van der Waals surface area contributed by atoms with Gasteiger partial charge in [0.2, 0.25) is 5.91 Å². The number of likely N-dealkylation sites (N-methyl/N-ethyl adjacent to an activating group) is 1. The van der Waals surface area contributed by atoms with E-state index in [1.54, 1.807) is 11.9 Å². The Labute approximate surface area is 91.6 Å². The maximum Gasteiger partial charge on any atom is 0.239 e. The third-order valence-corrected chi connectivity index (χ3v) is 3.20. The van der Waals surface area contributed by atoms with Crippen molar-refractivity contribution in [1.82, 2.24) is 10.2 Å². The van der Waals surface area contributed by atoms with Crippen LogP contribution < -0.4 is 5.32 Å². The smallest absolute Gasteiger partial charge is 0.239 e. The summed E-state index contributed by atoms with van der Waals surface area (Å²) in [6.07, 6.45) is 3.25. The molecule has 0 radical (unpaired) electrons. The fourth-order valence-corrected chi connectivity index (χ4v) is 2.08. The first-order chi connectivity index (χ1) is 7.19. The first-order valence-corrected chi connectivity index (χ1v) is 5.78. The molecule has 4 heteroatoms. The second kappa shape index (κ2) is 6.08. The number of nitrogens with one attached hydrogen (secondary N) is 1. The summed E-state index contributed by atoms with van der Waals surface area (Å²) >= 11 is 0. The molecule has 2 unspecified atom stereocenters. The lowest BCUT2D eigenvalue weighted by Crippen LogP contribution is -2.49. The minimum Gasteiger partial charge on any atom is -0.395 e. The van der Waals surface area contributed by atoms with E-state index in [9.17, 15) is 4.79 Å². The van der Waals surface area contributed by atoms with E-state index in [0.29, 0.717) is 12.5 Å². The summed E-state index contributed by atoms with van der Waals surface area (Å²) < 4.78 is 0. The number of hydrogen-bond donors (Lipinski definition) is 2. The maximum atomic E-state index is 11.9. The van der Waals surface area contributed by atoms with Crippen molar-refractivity contribution >= 4 is 5.91 Å². The van der Waals surface area contributed by atoms with Gasteiger partial charge in [0.05, 0.1) is 12.6 Å². The zero-order chi connectivity index (χ0) is 11.3. The van der Waals surface area contributed by atoms with Crippen molar-refractivity contribution in [2.24, 2.45) is 5.92 Å². The van der Waals surface area contributed by atoms with E-state index in [2.05, 4.69) is 12.2 Å². The lowest BCUT2D eigenvalue weighted by atomic mass is 9.90.